The monoisotopic (exact) mass is 221 g/mol. The molecule has 0 bridgehead atoms. The third kappa shape index (κ3) is 2.20. The summed E-state index contributed by atoms with van der Waals surface area (Å²) in [6, 6.07) is 5.71. The first kappa shape index (κ1) is 11.4. The van der Waals surface area contributed by atoms with Crippen LogP contribution in [0.1, 0.15) is 37.5 Å². The van der Waals surface area contributed by atoms with Gasteiger partial charge in [-0.25, -0.2) is 0 Å². The molecular weight excluding hydrogens is 202 g/mol. The number of nitrogens with one attached hydrogen (secondary N) is 1. The van der Waals surface area contributed by atoms with E-state index < -0.39 is 6.10 Å². The molecule has 0 radical (unpaired) electrons. The molecule has 0 aromatic heterocycles. The molecule has 0 saturated carbocycles. The minimum absolute atomic E-state index is 0.0919. The zero-order valence-corrected chi connectivity index (χ0v) is 9.77. The van der Waals surface area contributed by atoms with Crippen molar-refractivity contribution in [2.75, 3.05) is 0 Å². The van der Waals surface area contributed by atoms with Gasteiger partial charge < -0.3 is 15.5 Å². The van der Waals surface area contributed by atoms with Gasteiger partial charge in [0.2, 0.25) is 0 Å². The highest BCUT2D eigenvalue weighted by molar-refractivity contribution is 5.38. The Kier molecular flexibility index (Phi) is 3.17. The second-order valence-corrected chi connectivity index (χ2v) is 4.79. The first-order valence-corrected chi connectivity index (χ1v) is 5.84. The van der Waals surface area contributed by atoms with E-state index in [9.17, 15) is 10.2 Å². The topological polar surface area (TPSA) is 52.5 Å². The summed E-state index contributed by atoms with van der Waals surface area (Å²) in [5, 5.41) is 23.0. The standard InChI is InChI=1S/C13H19NO2/c1-8(2)14-12-6-4-9-3-5-10(15)7-11(9)13(12)16/h3,5,7-8,12-16H,4,6H2,1-2H3. The number of phenols is 1. The maximum atomic E-state index is 10.2. The summed E-state index contributed by atoms with van der Waals surface area (Å²) in [4.78, 5) is 0. The van der Waals surface area contributed by atoms with Crippen molar-refractivity contribution in [3.8, 4) is 5.75 Å². The molecule has 0 spiro atoms. The van der Waals surface area contributed by atoms with Crippen molar-refractivity contribution in [1.29, 1.82) is 0 Å². The van der Waals surface area contributed by atoms with Gasteiger partial charge in [-0.05, 0) is 36.1 Å². The number of aliphatic hydroxyl groups is 1. The molecule has 1 aromatic carbocycles. The Bertz CT molecular complexity index is 376. The van der Waals surface area contributed by atoms with Gasteiger partial charge in [0.1, 0.15) is 5.75 Å². The molecule has 0 fully saturated rings. The summed E-state index contributed by atoms with van der Waals surface area (Å²) in [7, 11) is 0. The molecule has 3 N–H and O–H groups in total. The van der Waals surface area contributed by atoms with Crippen molar-refractivity contribution in [3.63, 3.8) is 0 Å². The Morgan fingerprint density at radius 1 is 1.38 bits per heavy atom. The van der Waals surface area contributed by atoms with Crippen LogP contribution in [0.15, 0.2) is 18.2 Å². The van der Waals surface area contributed by atoms with E-state index in [4.69, 9.17) is 0 Å². The van der Waals surface area contributed by atoms with Crippen molar-refractivity contribution >= 4 is 0 Å². The molecule has 3 heteroatoms. The maximum absolute atomic E-state index is 10.2. The highest BCUT2D eigenvalue weighted by Gasteiger charge is 2.28. The first-order chi connectivity index (χ1) is 7.58. The van der Waals surface area contributed by atoms with Gasteiger partial charge in [-0.2, -0.15) is 0 Å². The molecule has 2 rings (SSSR count). The second kappa shape index (κ2) is 4.44. The first-order valence-electron chi connectivity index (χ1n) is 5.84. The molecule has 16 heavy (non-hydrogen) atoms. The van der Waals surface area contributed by atoms with Crippen LogP contribution < -0.4 is 5.32 Å². The second-order valence-electron chi connectivity index (χ2n) is 4.79. The zero-order chi connectivity index (χ0) is 11.7. The normalized spacial score (nSPS) is 24.5. The summed E-state index contributed by atoms with van der Waals surface area (Å²) in [5.41, 5.74) is 2.01. The van der Waals surface area contributed by atoms with Crippen molar-refractivity contribution in [2.24, 2.45) is 0 Å². The third-order valence-corrected chi connectivity index (χ3v) is 3.10. The van der Waals surface area contributed by atoms with E-state index in [0.29, 0.717) is 6.04 Å². The third-order valence-electron chi connectivity index (χ3n) is 3.10. The Balaban J connectivity index is 2.23. The van der Waals surface area contributed by atoms with Gasteiger partial charge in [-0.15, -0.1) is 0 Å². The Morgan fingerprint density at radius 2 is 2.12 bits per heavy atom. The number of phenolic OH excluding ortho intramolecular Hbond substituents is 1. The smallest absolute Gasteiger partial charge is 0.115 e. The fourth-order valence-electron chi connectivity index (χ4n) is 2.37. The van der Waals surface area contributed by atoms with Crippen LogP contribution in [-0.4, -0.2) is 22.3 Å². The Labute approximate surface area is 96.1 Å². The molecule has 2 unspecified atom stereocenters. The molecule has 0 amide bonds. The SMILES string of the molecule is CC(C)NC1CCc2ccc(O)cc2C1O. The molecule has 88 valence electrons. The number of fused-ring (bicyclic) bond motifs is 1. The number of hydrogen-bond acceptors (Lipinski definition) is 3. The molecule has 2 atom stereocenters. The van der Waals surface area contributed by atoms with Crippen LogP contribution >= 0.6 is 0 Å². The lowest BCUT2D eigenvalue weighted by atomic mass is 9.85. The summed E-state index contributed by atoms with van der Waals surface area (Å²) in [6.45, 7) is 4.15. The van der Waals surface area contributed by atoms with Crippen LogP contribution in [0.25, 0.3) is 0 Å². The average Bonchev–Trinajstić information content (AvgIpc) is 2.22. The van der Waals surface area contributed by atoms with Crippen molar-refractivity contribution < 1.29 is 10.2 Å². The molecule has 0 saturated heterocycles. The molecule has 1 aliphatic rings. The van der Waals surface area contributed by atoms with E-state index in [0.717, 1.165) is 24.0 Å². The zero-order valence-electron chi connectivity index (χ0n) is 9.77. The summed E-state index contributed by atoms with van der Waals surface area (Å²) in [6.07, 6.45) is 1.38. The van der Waals surface area contributed by atoms with Gasteiger partial charge in [0.05, 0.1) is 6.10 Å². The van der Waals surface area contributed by atoms with Gasteiger partial charge in [0.15, 0.2) is 0 Å². The van der Waals surface area contributed by atoms with Gasteiger partial charge in [0.25, 0.3) is 0 Å². The van der Waals surface area contributed by atoms with Gasteiger partial charge in [-0.3, -0.25) is 0 Å². The van der Waals surface area contributed by atoms with Gasteiger partial charge in [-0.1, -0.05) is 19.9 Å². The molecule has 0 heterocycles. The summed E-state index contributed by atoms with van der Waals surface area (Å²) >= 11 is 0. The van der Waals surface area contributed by atoms with Gasteiger partial charge in [0, 0.05) is 12.1 Å². The lowest BCUT2D eigenvalue weighted by molar-refractivity contribution is 0.110. The minimum atomic E-state index is -0.516. The molecule has 1 aromatic rings. The van der Waals surface area contributed by atoms with E-state index in [-0.39, 0.29) is 11.8 Å². The van der Waals surface area contributed by atoms with Crippen LogP contribution in [0.2, 0.25) is 0 Å². The lowest BCUT2D eigenvalue weighted by Crippen LogP contribution is -2.41. The van der Waals surface area contributed by atoms with E-state index in [2.05, 4.69) is 19.2 Å². The number of aromatic hydroxyl groups is 1. The van der Waals surface area contributed by atoms with Gasteiger partial charge >= 0.3 is 0 Å². The average molecular weight is 221 g/mol. The van der Waals surface area contributed by atoms with E-state index in [1.807, 2.05) is 6.07 Å². The van der Waals surface area contributed by atoms with Crippen LogP contribution in [0, 0.1) is 0 Å². The molecular formula is C13H19NO2. The minimum Gasteiger partial charge on any atom is -0.508 e. The van der Waals surface area contributed by atoms with Crippen LogP contribution in [0.5, 0.6) is 5.75 Å². The van der Waals surface area contributed by atoms with Crippen LogP contribution in [0.3, 0.4) is 0 Å². The van der Waals surface area contributed by atoms with E-state index in [1.54, 1.807) is 12.1 Å². The lowest BCUT2D eigenvalue weighted by Gasteiger charge is -2.32. The Morgan fingerprint density at radius 3 is 2.81 bits per heavy atom. The van der Waals surface area contributed by atoms with E-state index >= 15 is 0 Å². The molecule has 3 nitrogen and oxygen atoms in total. The number of rotatable bonds is 2. The van der Waals surface area contributed by atoms with Crippen LogP contribution in [0.4, 0.5) is 0 Å². The molecule has 0 aliphatic heterocycles. The Hall–Kier alpha value is -1.06. The predicted molar refractivity (Wildman–Crippen MR) is 63.4 cm³/mol. The van der Waals surface area contributed by atoms with Crippen molar-refractivity contribution in [2.45, 2.75) is 44.9 Å². The highest BCUT2D eigenvalue weighted by Crippen LogP contribution is 2.32. The number of benzene rings is 1. The summed E-state index contributed by atoms with van der Waals surface area (Å²) < 4.78 is 0. The van der Waals surface area contributed by atoms with Crippen LogP contribution in [-0.2, 0) is 6.42 Å². The van der Waals surface area contributed by atoms with Crippen molar-refractivity contribution in [3.05, 3.63) is 29.3 Å². The number of hydrogen-bond donors (Lipinski definition) is 3. The number of aryl methyl sites for hydroxylation is 1. The maximum Gasteiger partial charge on any atom is 0.115 e. The molecule has 1 aliphatic carbocycles. The fourth-order valence-corrected chi connectivity index (χ4v) is 2.37. The highest BCUT2D eigenvalue weighted by atomic mass is 16.3. The quantitative estimate of drug-likeness (QED) is 0.713. The largest absolute Gasteiger partial charge is 0.508 e. The fraction of sp³-hybridized carbons (Fsp3) is 0.538. The number of aliphatic hydroxyl groups excluding tert-OH is 1. The van der Waals surface area contributed by atoms with E-state index in [1.165, 1.54) is 0 Å². The van der Waals surface area contributed by atoms with Crippen molar-refractivity contribution in [1.82, 2.24) is 5.32 Å². The summed E-state index contributed by atoms with van der Waals surface area (Å²) in [5.74, 6) is 0.225. The predicted octanol–water partition coefficient (Wildman–Crippen LogP) is 1.74.